The molecule has 0 unspecified atom stereocenters. The van der Waals surface area contributed by atoms with Crippen LogP contribution in [-0.4, -0.2) is 30.1 Å². The largest absolute Gasteiger partial charge is 0.329 e. The summed E-state index contributed by atoms with van der Waals surface area (Å²) < 4.78 is 0. The first-order chi connectivity index (χ1) is 7.93. The summed E-state index contributed by atoms with van der Waals surface area (Å²) in [6.45, 7) is 12.5. The predicted octanol–water partition coefficient (Wildman–Crippen LogP) is 3.41. The van der Waals surface area contributed by atoms with Crippen LogP contribution in [0, 0.1) is 5.41 Å². The number of nitrogens with zero attached hydrogens (tertiary/aromatic N) is 1. The van der Waals surface area contributed by atoms with Gasteiger partial charge in [-0.25, -0.2) is 0 Å². The molecule has 1 aliphatic rings. The lowest BCUT2D eigenvalue weighted by Gasteiger charge is -2.40. The fourth-order valence-corrected chi connectivity index (χ4v) is 3.21. The highest BCUT2D eigenvalue weighted by Gasteiger charge is 2.37. The summed E-state index contributed by atoms with van der Waals surface area (Å²) in [6.07, 6.45) is 7.98. The zero-order valence-corrected chi connectivity index (χ0v) is 12.4. The topological polar surface area (TPSA) is 29.3 Å². The van der Waals surface area contributed by atoms with Crippen molar-refractivity contribution >= 4 is 0 Å². The second-order valence-electron chi connectivity index (χ2n) is 6.88. The van der Waals surface area contributed by atoms with Gasteiger partial charge in [-0.05, 0) is 44.2 Å². The van der Waals surface area contributed by atoms with Gasteiger partial charge in [0.25, 0.3) is 0 Å². The van der Waals surface area contributed by atoms with Crippen molar-refractivity contribution in [2.75, 3.05) is 19.6 Å². The fourth-order valence-electron chi connectivity index (χ4n) is 3.21. The molecular formula is C15H32N2. The molecule has 1 rings (SSSR count). The van der Waals surface area contributed by atoms with Gasteiger partial charge < -0.3 is 5.73 Å². The highest BCUT2D eigenvalue weighted by molar-refractivity contribution is 4.95. The summed E-state index contributed by atoms with van der Waals surface area (Å²) in [7, 11) is 0. The van der Waals surface area contributed by atoms with Gasteiger partial charge in [-0.1, -0.05) is 40.5 Å². The minimum atomic E-state index is 0.340. The van der Waals surface area contributed by atoms with Gasteiger partial charge in [0.1, 0.15) is 0 Å². The molecule has 1 aliphatic carbocycles. The van der Waals surface area contributed by atoms with E-state index in [1.807, 2.05) is 0 Å². The molecule has 0 radical (unpaired) electrons. The van der Waals surface area contributed by atoms with E-state index in [1.54, 1.807) is 0 Å². The fraction of sp³-hybridized carbons (Fsp3) is 1.00. The Hall–Kier alpha value is -0.0800. The van der Waals surface area contributed by atoms with Crippen molar-refractivity contribution in [1.29, 1.82) is 0 Å². The molecule has 0 aliphatic heterocycles. The molecule has 0 amide bonds. The molecule has 0 saturated heterocycles. The Balaban J connectivity index is 2.47. The van der Waals surface area contributed by atoms with E-state index in [-0.39, 0.29) is 0 Å². The van der Waals surface area contributed by atoms with Crippen LogP contribution in [0.2, 0.25) is 0 Å². The SMILES string of the molecule is CCN(CCCC(C)(C)C)C1(CN)CCCC1. The molecule has 2 heteroatoms. The minimum absolute atomic E-state index is 0.340. The molecule has 0 atom stereocenters. The van der Waals surface area contributed by atoms with E-state index >= 15 is 0 Å². The van der Waals surface area contributed by atoms with Crippen molar-refractivity contribution in [1.82, 2.24) is 4.90 Å². The molecule has 0 spiro atoms. The second-order valence-corrected chi connectivity index (χ2v) is 6.88. The molecular weight excluding hydrogens is 208 g/mol. The lowest BCUT2D eigenvalue weighted by Crippen LogP contribution is -2.52. The van der Waals surface area contributed by atoms with Gasteiger partial charge in [-0.3, -0.25) is 4.90 Å². The Morgan fingerprint density at radius 2 is 1.76 bits per heavy atom. The van der Waals surface area contributed by atoms with Crippen molar-refractivity contribution in [3.8, 4) is 0 Å². The van der Waals surface area contributed by atoms with Crippen LogP contribution in [0.25, 0.3) is 0 Å². The quantitative estimate of drug-likeness (QED) is 0.771. The van der Waals surface area contributed by atoms with Gasteiger partial charge in [-0.2, -0.15) is 0 Å². The zero-order valence-electron chi connectivity index (χ0n) is 12.4. The van der Waals surface area contributed by atoms with Crippen molar-refractivity contribution in [3.63, 3.8) is 0 Å². The van der Waals surface area contributed by atoms with E-state index < -0.39 is 0 Å². The van der Waals surface area contributed by atoms with E-state index in [1.165, 1.54) is 45.1 Å². The van der Waals surface area contributed by atoms with Gasteiger partial charge in [0.2, 0.25) is 0 Å². The highest BCUT2D eigenvalue weighted by atomic mass is 15.2. The molecule has 0 aromatic rings. The lowest BCUT2D eigenvalue weighted by atomic mass is 9.89. The number of hydrogen-bond donors (Lipinski definition) is 1. The molecule has 0 bridgehead atoms. The van der Waals surface area contributed by atoms with Gasteiger partial charge in [-0.15, -0.1) is 0 Å². The molecule has 102 valence electrons. The van der Waals surface area contributed by atoms with Gasteiger partial charge in [0, 0.05) is 12.1 Å². The van der Waals surface area contributed by atoms with Crippen molar-refractivity contribution in [2.45, 2.75) is 71.8 Å². The van der Waals surface area contributed by atoms with Crippen molar-refractivity contribution in [3.05, 3.63) is 0 Å². The van der Waals surface area contributed by atoms with E-state index in [2.05, 4.69) is 32.6 Å². The Morgan fingerprint density at radius 3 is 2.18 bits per heavy atom. The molecule has 2 nitrogen and oxygen atoms in total. The summed E-state index contributed by atoms with van der Waals surface area (Å²) in [5.41, 5.74) is 6.86. The van der Waals surface area contributed by atoms with Crippen LogP contribution in [0.5, 0.6) is 0 Å². The average molecular weight is 240 g/mol. The van der Waals surface area contributed by atoms with Gasteiger partial charge in [0.05, 0.1) is 0 Å². The molecule has 2 N–H and O–H groups in total. The second kappa shape index (κ2) is 6.19. The maximum Gasteiger partial charge on any atom is 0.0331 e. The number of hydrogen-bond acceptors (Lipinski definition) is 2. The minimum Gasteiger partial charge on any atom is -0.329 e. The van der Waals surface area contributed by atoms with E-state index in [4.69, 9.17) is 5.73 Å². The first-order valence-electron chi connectivity index (χ1n) is 7.39. The number of nitrogens with two attached hydrogens (primary N) is 1. The third-order valence-corrected chi connectivity index (χ3v) is 4.32. The molecule has 0 aromatic carbocycles. The lowest BCUT2D eigenvalue weighted by molar-refractivity contribution is 0.0992. The summed E-state index contributed by atoms with van der Waals surface area (Å²) in [5, 5.41) is 0. The predicted molar refractivity (Wildman–Crippen MR) is 76.2 cm³/mol. The molecule has 1 fully saturated rings. The van der Waals surface area contributed by atoms with Crippen LogP contribution in [0.4, 0.5) is 0 Å². The summed E-state index contributed by atoms with van der Waals surface area (Å²) >= 11 is 0. The zero-order chi connectivity index (χ0) is 12.9. The molecule has 0 heterocycles. The summed E-state index contributed by atoms with van der Waals surface area (Å²) in [5.74, 6) is 0. The maximum atomic E-state index is 6.06. The molecule has 1 saturated carbocycles. The maximum absolute atomic E-state index is 6.06. The van der Waals surface area contributed by atoms with Crippen LogP contribution < -0.4 is 5.73 Å². The molecule has 17 heavy (non-hydrogen) atoms. The van der Waals surface area contributed by atoms with Crippen molar-refractivity contribution in [2.24, 2.45) is 11.1 Å². The van der Waals surface area contributed by atoms with Crippen LogP contribution in [0.15, 0.2) is 0 Å². The van der Waals surface area contributed by atoms with Crippen molar-refractivity contribution < 1.29 is 0 Å². The van der Waals surface area contributed by atoms with Gasteiger partial charge in [0.15, 0.2) is 0 Å². The third kappa shape index (κ3) is 4.26. The smallest absolute Gasteiger partial charge is 0.0331 e. The van der Waals surface area contributed by atoms with E-state index in [0.717, 1.165) is 13.1 Å². The average Bonchev–Trinajstić information content (AvgIpc) is 2.72. The Kier molecular flexibility index (Phi) is 5.46. The van der Waals surface area contributed by atoms with E-state index in [9.17, 15) is 0 Å². The summed E-state index contributed by atoms with van der Waals surface area (Å²) in [6, 6.07) is 0. The van der Waals surface area contributed by atoms with Gasteiger partial charge >= 0.3 is 0 Å². The monoisotopic (exact) mass is 240 g/mol. The van der Waals surface area contributed by atoms with Crippen LogP contribution in [-0.2, 0) is 0 Å². The summed E-state index contributed by atoms with van der Waals surface area (Å²) in [4.78, 5) is 2.66. The first-order valence-corrected chi connectivity index (χ1v) is 7.39. The normalized spacial score (nSPS) is 20.1. The van der Waals surface area contributed by atoms with Crippen LogP contribution in [0.1, 0.15) is 66.2 Å². The first kappa shape index (κ1) is 15.0. The molecule has 0 aromatic heterocycles. The Labute approximate surface area is 108 Å². The standard InChI is InChI=1S/C15H32N2/c1-5-17(12-8-9-14(2,3)4)15(13-16)10-6-7-11-15/h5-13,16H2,1-4H3. The Bertz CT molecular complexity index is 211. The van der Waals surface area contributed by atoms with E-state index in [0.29, 0.717) is 11.0 Å². The number of likely N-dealkylation sites (N-methyl/N-ethyl adjacent to an activating group) is 1. The third-order valence-electron chi connectivity index (χ3n) is 4.32. The highest BCUT2D eigenvalue weighted by Crippen LogP contribution is 2.35. The van der Waals surface area contributed by atoms with Crippen LogP contribution in [0.3, 0.4) is 0 Å². The Morgan fingerprint density at radius 1 is 1.18 bits per heavy atom. The van der Waals surface area contributed by atoms with Crippen LogP contribution >= 0.6 is 0 Å². The number of rotatable bonds is 6.